The molecule has 1 aliphatic rings. The van der Waals surface area contributed by atoms with Crippen LogP contribution in [0.15, 0.2) is 18.2 Å². The van der Waals surface area contributed by atoms with Crippen LogP contribution in [0.1, 0.15) is 25.3 Å². The summed E-state index contributed by atoms with van der Waals surface area (Å²) in [6, 6.07) is 6.49. The number of carbonyl (C=O) groups is 1. The maximum atomic E-state index is 11.4. The van der Waals surface area contributed by atoms with Crippen molar-refractivity contribution in [2.45, 2.75) is 32.7 Å². The van der Waals surface area contributed by atoms with Gasteiger partial charge in [-0.05, 0) is 37.6 Å². The molecule has 0 saturated carbocycles. The van der Waals surface area contributed by atoms with Gasteiger partial charge in [0.25, 0.3) is 0 Å². The minimum atomic E-state index is 0.0485. The van der Waals surface area contributed by atoms with Gasteiger partial charge >= 0.3 is 0 Å². The lowest BCUT2D eigenvalue weighted by Gasteiger charge is -2.16. The quantitative estimate of drug-likeness (QED) is 0.764. The van der Waals surface area contributed by atoms with Crippen molar-refractivity contribution in [2.75, 3.05) is 23.7 Å². The molecule has 0 aromatic heterocycles. The third-order valence-electron chi connectivity index (χ3n) is 3.26. The van der Waals surface area contributed by atoms with Crippen LogP contribution in [-0.2, 0) is 4.79 Å². The van der Waals surface area contributed by atoms with E-state index in [4.69, 9.17) is 0 Å². The van der Waals surface area contributed by atoms with Crippen LogP contribution in [0.3, 0.4) is 0 Å². The summed E-state index contributed by atoms with van der Waals surface area (Å²) in [6.45, 7) is 6.01. The smallest absolute Gasteiger partial charge is 0.224 e. The molecule has 4 heteroatoms. The lowest BCUT2D eigenvalue weighted by atomic mass is 10.1. The Morgan fingerprint density at radius 2 is 2.33 bits per heavy atom. The van der Waals surface area contributed by atoms with Gasteiger partial charge in [-0.25, -0.2) is 0 Å². The monoisotopic (exact) mass is 247 g/mol. The van der Waals surface area contributed by atoms with E-state index < -0.39 is 0 Å². The Kier molecular flexibility index (Phi) is 4.20. The molecular formula is C14H21N3O. The molecule has 0 spiro atoms. The number of amides is 1. The number of benzene rings is 1. The van der Waals surface area contributed by atoms with E-state index >= 15 is 0 Å². The van der Waals surface area contributed by atoms with Crippen molar-refractivity contribution in [3.63, 3.8) is 0 Å². The Morgan fingerprint density at radius 1 is 1.50 bits per heavy atom. The van der Waals surface area contributed by atoms with E-state index in [0.717, 1.165) is 30.9 Å². The number of nitrogens with one attached hydrogen (secondary N) is 3. The first kappa shape index (κ1) is 12.9. The average Bonchev–Trinajstić information content (AvgIpc) is 2.86. The van der Waals surface area contributed by atoms with E-state index in [1.807, 2.05) is 25.1 Å². The molecule has 1 aromatic rings. The fraction of sp³-hybridized carbons (Fsp3) is 0.500. The molecule has 98 valence electrons. The standard InChI is InChI=1S/C14H21N3O/c1-3-14(18)17-11-5-4-10(2)13(8-11)16-12-6-7-15-9-12/h4-5,8,12,15-16H,3,6-7,9H2,1-2H3,(H,17,18). The van der Waals surface area contributed by atoms with Crippen LogP contribution >= 0.6 is 0 Å². The van der Waals surface area contributed by atoms with Gasteiger partial charge in [-0.3, -0.25) is 4.79 Å². The SMILES string of the molecule is CCC(=O)Nc1ccc(C)c(NC2CCNC2)c1. The molecule has 1 heterocycles. The molecule has 0 radical (unpaired) electrons. The van der Waals surface area contributed by atoms with Crippen molar-refractivity contribution >= 4 is 17.3 Å². The molecule has 1 fully saturated rings. The van der Waals surface area contributed by atoms with E-state index in [1.165, 1.54) is 5.56 Å². The zero-order valence-electron chi connectivity index (χ0n) is 11.0. The summed E-state index contributed by atoms with van der Waals surface area (Å²) < 4.78 is 0. The van der Waals surface area contributed by atoms with Gasteiger partial charge < -0.3 is 16.0 Å². The molecule has 1 aromatic carbocycles. The van der Waals surface area contributed by atoms with E-state index in [9.17, 15) is 4.79 Å². The molecule has 1 aliphatic heterocycles. The van der Waals surface area contributed by atoms with Crippen molar-refractivity contribution in [2.24, 2.45) is 0 Å². The molecule has 0 bridgehead atoms. The van der Waals surface area contributed by atoms with E-state index in [1.54, 1.807) is 0 Å². The van der Waals surface area contributed by atoms with Crippen molar-refractivity contribution in [3.8, 4) is 0 Å². The molecule has 4 nitrogen and oxygen atoms in total. The maximum absolute atomic E-state index is 11.4. The largest absolute Gasteiger partial charge is 0.381 e. The van der Waals surface area contributed by atoms with Gasteiger partial charge in [0.2, 0.25) is 5.91 Å². The Bertz CT molecular complexity index is 425. The van der Waals surface area contributed by atoms with Crippen LogP contribution < -0.4 is 16.0 Å². The number of anilines is 2. The summed E-state index contributed by atoms with van der Waals surface area (Å²) in [5.74, 6) is 0.0485. The second-order valence-electron chi connectivity index (χ2n) is 4.77. The summed E-state index contributed by atoms with van der Waals surface area (Å²) in [7, 11) is 0. The van der Waals surface area contributed by atoms with Gasteiger partial charge in [-0.1, -0.05) is 13.0 Å². The summed E-state index contributed by atoms with van der Waals surface area (Å²) >= 11 is 0. The van der Waals surface area contributed by atoms with Gasteiger partial charge in [0.05, 0.1) is 0 Å². The molecule has 2 rings (SSSR count). The lowest BCUT2D eigenvalue weighted by Crippen LogP contribution is -2.22. The normalized spacial score (nSPS) is 18.7. The molecule has 1 unspecified atom stereocenters. The van der Waals surface area contributed by atoms with Crippen LogP contribution in [0.2, 0.25) is 0 Å². The molecule has 18 heavy (non-hydrogen) atoms. The fourth-order valence-corrected chi connectivity index (χ4v) is 2.10. The van der Waals surface area contributed by atoms with Crippen LogP contribution in [0.5, 0.6) is 0 Å². The van der Waals surface area contributed by atoms with E-state index in [-0.39, 0.29) is 5.91 Å². The molecule has 1 atom stereocenters. The average molecular weight is 247 g/mol. The first-order valence-electron chi connectivity index (χ1n) is 6.57. The summed E-state index contributed by atoms with van der Waals surface area (Å²) in [4.78, 5) is 11.4. The Morgan fingerprint density at radius 3 is 3.00 bits per heavy atom. The van der Waals surface area contributed by atoms with E-state index in [0.29, 0.717) is 12.5 Å². The number of hydrogen-bond donors (Lipinski definition) is 3. The third-order valence-corrected chi connectivity index (χ3v) is 3.26. The van der Waals surface area contributed by atoms with Crippen molar-refractivity contribution < 1.29 is 4.79 Å². The summed E-state index contributed by atoms with van der Waals surface area (Å²) in [5.41, 5.74) is 3.18. The van der Waals surface area contributed by atoms with Crippen molar-refractivity contribution in [1.82, 2.24) is 5.32 Å². The van der Waals surface area contributed by atoms with Gasteiger partial charge in [-0.2, -0.15) is 0 Å². The number of rotatable bonds is 4. The van der Waals surface area contributed by atoms with Gasteiger partial charge in [0.15, 0.2) is 0 Å². The highest BCUT2D eigenvalue weighted by Gasteiger charge is 2.14. The molecule has 1 saturated heterocycles. The summed E-state index contributed by atoms with van der Waals surface area (Å²) in [6.07, 6.45) is 1.65. The Hall–Kier alpha value is -1.55. The number of carbonyl (C=O) groups excluding carboxylic acids is 1. The molecular weight excluding hydrogens is 226 g/mol. The Balaban J connectivity index is 2.08. The minimum absolute atomic E-state index is 0.0485. The first-order chi connectivity index (χ1) is 8.69. The predicted molar refractivity (Wildman–Crippen MR) is 75.0 cm³/mol. The third kappa shape index (κ3) is 3.23. The zero-order chi connectivity index (χ0) is 13.0. The predicted octanol–water partition coefficient (Wildman–Crippen LogP) is 2.12. The van der Waals surface area contributed by atoms with Crippen molar-refractivity contribution in [1.29, 1.82) is 0 Å². The van der Waals surface area contributed by atoms with Crippen LogP contribution in [0.25, 0.3) is 0 Å². The highest BCUT2D eigenvalue weighted by Crippen LogP contribution is 2.22. The number of hydrogen-bond acceptors (Lipinski definition) is 3. The summed E-state index contributed by atoms with van der Waals surface area (Å²) in [5, 5.41) is 9.75. The van der Waals surface area contributed by atoms with Crippen LogP contribution in [0, 0.1) is 6.92 Å². The number of aryl methyl sites for hydroxylation is 1. The molecule has 1 amide bonds. The molecule has 0 aliphatic carbocycles. The zero-order valence-corrected chi connectivity index (χ0v) is 11.0. The fourth-order valence-electron chi connectivity index (χ4n) is 2.10. The second-order valence-corrected chi connectivity index (χ2v) is 4.77. The van der Waals surface area contributed by atoms with Crippen molar-refractivity contribution in [3.05, 3.63) is 23.8 Å². The first-order valence-corrected chi connectivity index (χ1v) is 6.57. The Labute approximate surface area is 108 Å². The highest BCUT2D eigenvalue weighted by atomic mass is 16.1. The maximum Gasteiger partial charge on any atom is 0.224 e. The second kappa shape index (κ2) is 5.87. The van der Waals surface area contributed by atoms with Gasteiger partial charge in [0.1, 0.15) is 0 Å². The molecule has 3 N–H and O–H groups in total. The minimum Gasteiger partial charge on any atom is -0.381 e. The van der Waals surface area contributed by atoms with Crippen LogP contribution in [0.4, 0.5) is 11.4 Å². The topological polar surface area (TPSA) is 53.2 Å². The van der Waals surface area contributed by atoms with Gasteiger partial charge in [0, 0.05) is 30.4 Å². The highest BCUT2D eigenvalue weighted by molar-refractivity contribution is 5.91. The lowest BCUT2D eigenvalue weighted by molar-refractivity contribution is -0.115. The van der Waals surface area contributed by atoms with Gasteiger partial charge in [-0.15, -0.1) is 0 Å². The van der Waals surface area contributed by atoms with Crippen LogP contribution in [-0.4, -0.2) is 25.0 Å². The van der Waals surface area contributed by atoms with E-state index in [2.05, 4.69) is 22.9 Å².